The van der Waals surface area contributed by atoms with E-state index in [2.05, 4.69) is 6.92 Å². The molecular weight excluding hydrogens is 347 g/mol. The molecule has 0 aromatic carbocycles. The van der Waals surface area contributed by atoms with Crippen LogP contribution < -0.4 is 29.6 Å². The molecule has 0 saturated carbocycles. The van der Waals surface area contributed by atoms with E-state index in [-0.39, 0.29) is 29.6 Å². The van der Waals surface area contributed by atoms with Crippen LogP contribution in [0.3, 0.4) is 0 Å². The van der Waals surface area contributed by atoms with Gasteiger partial charge in [0.2, 0.25) is 0 Å². The first kappa shape index (κ1) is 28.1. The predicted molar refractivity (Wildman–Crippen MR) is 100 cm³/mol. The zero-order chi connectivity index (χ0) is 18.1. The van der Waals surface area contributed by atoms with Gasteiger partial charge in [0.1, 0.15) is 0 Å². The Balaban J connectivity index is 0. The van der Waals surface area contributed by atoms with Gasteiger partial charge in [-0.05, 0) is 6.42 Å². The van der Waals surface area contributed by atoms with Crippen LogP contribution >= 0.6 is 0 Å². The molecule has 25 heavy (non-hydrogen) atoms. The van der Waals surface area contributed by atoms with Gasteiger partial charge in [-0.15, -0.1) is 0 Å². The Bertz CT molecular complexity index is 360. The molecule has 0 aromatic heterocycles. The molecule has 1 unspecified atom stereocenters. The van der Waals surface area contributed by atoms with Gasteiger partial charge < -0.3 is 9.29 Å². The van der Waals surface area contributed by atoms with E-state index in [9.17, 15) is 13.0 Å². The van der Waals surface area contributed by atoms with Gasteiger partial charge in [-0.1, -0.05) is 96.8 Å². The zero-order valence-electron chi connectivity index (χ0n) is 16.9. The predicted octanol–water partition coefficient (Wildman–Crippen LogP) is 2.42. The Hall–Kier alpha value is 0.870. The molecule has 0 fully saturated rings. The van der Waals surface area contributed by atoms with E-state index in [1.807, 2.05) is 0 Å². The quantitative estimate of drug-likeness (QED) is 0.206. The molecule has 1 atom stereocenters. The summed E-state index contributed by atoms with van der Waals surface area (Å²) >= 11 is 0. The van der Waals surface area contributed by atoms with Crippen molar-refractivity contribution in [3.8, 4) is 0 Å². The minimum atomic E-state index is -4.18. The molecule has 0 N–H and O–H groups in total. The van der Waals surface area contributed by atoms with E-state index in [0.29, 0.717) is 6.42 Å². The molecule has 0 saturated heterocycles. The van der Waals surface area contributed by atoms with Gasteiger partial charge in [0.15, 0.2) is 0 Å². The second kappa shape index (κ2) is 19.6. The van der Waals surface area contributed by atoms with Gasteiger partial charge >= 0.3 is 29.6 Å². The molecule has 0 radical (unpaired) electrons. The van der Waals surface area contributed by atoms with Crippen molar-refractivity contribution in [2.75, 3.05) is 12.9 Å². The van der Waals surface area contributed by atoms with Crippen molar-refractivity contribution in [1.29, 1.82) is 0 Å². The second-order valence-electron chi connectivity index (χ2n) is 6.97. The van der Waals surface area contributed by atoms with Gasteiger partial charge in [0.25, 0.3) is 0 Å². The number of rotatable bonds is 18. The molecule has 0 aliphatic heterocycles. The maximum Gasteiger partial charge on any atom is 1.00 e. The molecule has 146 valence electrons. The van der Waals surface area contributed by atoms with Crippen LogP contribution in [0.4, 0.5) is 0 Å². The summed E-state index contributed by atoms with van der Waals surface area (Å²) in [6.45, 7) is 2.26. The number of hydrogen-bond donors (Lipinski definition) is 0. The van der Waals surface area contributed by atoms with Crippen molar-refractivity contribution in [3.63, 3.8) is 0 Å². The van der Waals surface area contributed by atoms with Crippen LogP contribution in [0.1, 0.15) is 103 Å². The van der Waals surface area contributed by atoms with Crippen LogP contribution in [0.5, 0.6) is 0 Å². The SMILES string of the molecule is CCCCCCCCCCCCCCCCC(CS(=O)(=O)[O-])OC.[Na+]. The van der Waals surface area contributed by atoms with Gasteiger partial charge in [-0.25, -0.2) is 8.42 Å². The zero-order valence-corrected chi connectivity index (χ0v) is 19.7. The number of methoxy groups -OCH3 is 1. The van der Waals surface area contributed by atoms with Crippen molar-refractivity contribution in [3.05, 3.63) is 0 Å². The molecule has 0 aliphatic rings. The van der Waals surface area contributed by atoms with Crippen LogP contribution in [0.15, 0.2) is 0 Å². The number of ether oxygens (including phenoxy) is 1. The van der Waals surface area contributed by atoms with Crippen LogP contribution in [0.25, 0.3) is 0 Å². The van der Waals surface area contributed by atoms with Crippen LogP contribution in [-0.4, -0.2) is 31.9 Å². The molecule has 0 aromatic rings. The van der Waals surface area contributed by atoms with Crippen molar-refractivity contribution >= 4 is 10.1 Å². The standard InChI is InChI=1S/C19H40O4S.Na/c1-3-4-5-6-7-8-9-10-11-12-13-14-15-16-17-19(23-2)18-24(20,21)22;/h19H,3-18H2,1-2H3,(H,20,21,22);/q;+1/p-1. The Morgan fingerprint density at radius 1 is 0.760 bits per heavy atom. The van der Waals surface area contributed by atoms with Crippen LogP contribution in [0.2, 0.25) is 0 Å². The first-order valence-electron chi connectivity index (χ1n) is 9.96. The summed E-state index contributed by atoms with van der Waals surface area (Å²) in [7, 11) is -2.71. The smallest absolute Gasteiger partial charge is 0.748 e. The summed E-state index contributed by atoms with van der Waals surface area (Å²) in [6, 6.07) is 0. The fraction of sp³-hybridized carbons (Fsp3) is 1.00. The Morgan fingerprint density at radius 3 is 1.44 bits per heavy atom. The maximum absolute atomic E-state index is 10.7. The molecule has 0 aliphatic carbocycles. The van der Waals surface area contributed by atoms with E-state index in [1.54, 1.807) is 0 Å². The second-order valence-corrected chi connectivity index (χ2v) is 8.42. The average Bonchev–Trinajstić information content (AvgIpc) is 2.53. The van der Waals surface area contributed by atoms with Crippen molar-refractivity contribution in [1.82, 2.24) is 0 Å². The maximum atomic E-state index is 10.7. The summed E-state index contributed by atoms with van der Waals surface area (Å²) in [5, 5.41) is 0. The van der Waals surface area contributed by atoms with Crippen LogP contribution in [0, 0.1) is 0 Å². The summed E-state index contributed by atoms with van der Waals surface area (Å²) in [5.74, 6) is -0.401. The van der Waals surface area contributed by atoms with Gasteiger partial charge in [-0.2, -0.15) is 0 Å². The summed E-state index contributed by atoms with van der Waals surface area (Å²) in [4.78, 5) is 0. The summed E-state index contributed by atoms with van der Waals surface area (Å²) in [6.07, 6.45) is 18.4. The normalized spacial score (nSPS) is 12.8. The molecule has 0 rings (SSSR count). The average molecular weight is 387 g/mol. The number of hydrogen-bond acceptors (Lipinski definition) is 4. The largest absolute Gasteiger partial charge is 1.00 e. The van der Waals surface area contributed by atoms with Gasteiger partial charge in [-0.3, -0.25) is 0 Å². The van der Waals surface area contributed by atoms with Crippen molar-refractivity contribution < 1.29 is 47.3 Å². The molecule has 0 heterocycles. The van der Waals surface area contributed by atoms with Crippen LogP contribution in [-0.2, 0) is 14.9 Å². The Labute approximate surface area is 178 Å². The molecule has 0 spiro atoms. The third-order valence-corrected chi connectivity index (χ3v) is 5.38. The molecule has 6 heteroatoms. The fourth-order valence-corrected chi connectivity index (χ4v) is 3.82. The van der Waals surface area contributed by atoms with E-state index >= 15 is 0 Å². The molecule has 0 bridgehead atoms. The minimum Gasteiger partial charge on any atom is -0.748 e. The first-order valence-corrected chi connectivity index (χ1v) is 11.5. The third kappa shape index (κ3) is 22.8. The fourth-order valence-electron chi connectivity index (χ4n) is 3.06. The first-order chi connectivity index (χ1) is 11.5. The summed E-state index contributed by atoms with van der Waals surface area (Å²) in [5.41, 5.74) is 0. The third-order valence-electron chi connectivity index (χ3n) is 4.60. The van der Waals surface area contributed by atoms with Gasteiger partial charge in [0, 0.05) is 7.11 Å². The topological polar surface area (TPSA) is 66.4 Å². The van der Waals surface area contributed by atoms with E-state index in [0.717, 1.165) is 12.8 Å². The minimum absolute atomic E-state index is 0. The molecule has 4 nitrogen and oxygen atoms in total. The van der Waals surface area contributed by atoms with Gasteiger partial charge in [0.05, 0.1) is 22.0 Å². The van der Waals surface area contributed by atoms with E-state index < -0.39 is 22.0 Å². The van der Waals surface area contributed by atoms with Crippen molar-refractivity contribution in [2.45, 2.75) is 109 Å². The molecular formula is C19H39NaO4S. The Kier molecular flexibility index (Phi) is 22.0. The van der Waals surface area contributed by atoms with E-state index in [1.165, 1.54) is 84.2 Å². The summed E-state index contributed by atoms with van der Waals surface area (Å²) < 4.78 is 37.2. The monoisotopic (exact) mass is 386 g/mol. The van der Waals surface area contributed by atoms with E-state index in [4.69, 9.17) is 4.74 Å². The molecule has 0 amide bonds. The Morgan fingerprint density at radius 2 is 1.12 bits per heavy atom. The van der Waals surface area contributed by atoms with Crippen molar-refractivity contribution in [2.24, 2.45) is 0 Å². The number of unbranched alkanes of at least 4 members (excludes halogenated alkanes) is 13.